The Morgan fingerprint density at radius 1 is 1.10 bits per heavy atom. The first kappa shape index (κ1) is 21.6. The van der Waals surface area contributed by atoms with Gasteiger partial charge in [-0.15, -0.1) is 22.7 Å². The lowest BCUT2D eigenvalue weighted by molar-refractivity contribution is -0.618. The van der Waals surface area contributed by atoms with Gasteiger partial charge in [-0.3, -0.25) is 9.27 Å². The second-order valence-electron chi connectivity index (χ2n) is 6.86. The predicted octanol–water partition coefficient (Wildman–Crippen LogP) is 4.40. The van der Waals surface area contributed by atoms with Crippen molar-refractivity contribution in [3.63, 3.8) is 0 Å². The minimum absolute atomic E-state index is 0.104. The Hall–Kier alpha value is -2.63. The summed E-state index contributed by atoms with van der Waals surface area (Å²) in [7, 11) is -4.32. The van der Waals surface area contributed by atoms with E-state index in [-0.39, 0.29) is 17.5 Å². The molecule has 0 saturated heterocycles. The van der Waals surface area contributed by atoms with Gasteiger partial charge in [0.05, 0.1) is 10.6 Å². The standard InChI is InChI=1S/C21H18FN3O3S3/c22-15-3-1-4-17(12-15)23-18(19-13-30-21(24-19)20-5-2-10-29-20)11-14-6-8-16(9-7-14)25-31(26,27)28/h1-10,12-13,18,23,25H,11H2,(H,26,27,28)/p+1/t18-/m0/s1. The SMILES string of the molecule is O=S(=O)(O)Nc1ccc(C[C@H]([NH2+]c2cccc(F)c2)c2csc(-c3cccs3)n2)cc1. The van der Waals surface area contributed by atoms with E-state index in [2.05, 4.69) is 0 Å². The molecule has 2 aromatic heterocycles. The molecule has 31 heavy (non-hydrogen) atoms. The number of thiazole rings is 1. The zero-order valence-electron chi connectivity index (χ0n) is 16.1. The molecule has 2 aromatic carbocycles. The molecule has 0 spiro atoms. The van der Waals surface area contributed by atoms with Gasteiger partial charge in [0.1, 0.15) is 28.2 Å². The van der Waals surface area contributed by atoms with Crippen molar-refractivity contribution in [2.75, 3.05) is 4.72 Å². The average molecular weight is 477 g/mol. The Bertz CT molecular complexity index is 1260. The van der Waals surface area contributed by atoms with E-state index in [1.165, 1.54) is 12.1 Å². The Morgan fingerprint density at radius 3 is 2.58 bits per heavy atom. The van der Waals surface area contributed by atoms with E-state index in [4.69, 9.17) is 9.54 Å². The maximum absolute atomic E-state index is 13.7. The maximum Gasteiger partial charge on any atom is 0.357 e. The second kappa shape index (κ2) is 9.25. The summed E-state index contributed by atoms with van der Waals surface area (Å²) in [5.74, 6) is -0.300. The van der Waals surface area contributed by atoms with E-state index in [0.717, 1.165) is 26.8 Å². The Kier molecular flexibility index (Phi) is 6.44. The van der Waals surface area contributed by atoms with Gasteiger partial charge < -0.3 is 5.32 Å². The minimum atomic E-state index is -4.32. The molecule has 6 nitrogen and oxygen atoms in total. The van der Waals surface area contributed by atoms with Crippen molar-refractivity contribution in [2.45, 2.75) is 12.5 Å². The highest BCUT2D eigenvalue weighted by Gasteiger charge is 2.21. The van der Waals surface area contributed by atoms with Gasteiger partial charge in [0, 0.05) is 17.9 Å². The predicted molar refractivity (Wildman–Crippen MR) is 121 cm³/mol. The van der Waals surface area contributed by atoms with Crippen molar-refractivity contribution >= 4 is 44.4 Å². The number of hydrogen-bond acceptors (Lipinski definition) is 5. The van der Waals surface area contributed by atoms with Crippen molar-refractivity contribution in [2.24, 2.45) is 0 Å². The quantitative estimate of drug-likeness (QED) is 0.259. The van der Waals surface area contributed by atoms with Gasteiger partial charge in [-0.1, -0.05) is 24.3 Å². The van der Waals surface area contributed by atoms with Crippen LogP contribution in [0.3, 0.4) is 0 Å². The number of hydrogen-bond donors (Lipinski definition) is 3. The molecule has 1 atom stereocenters. The molecule has 10 heteroatoms. The highest BCUT2D eigenvalue weighted by atomic mass is 32.2. The number of nitrogens with two attached hydrogens (primary N) is 1. The Morgan fingerprint density at radius 2 is 1.90 bits per heavy atom. The lowest BCUT2D eigenvalue weighted by Gasteiger charge is -2.14. The first-order chi connectivity index (χ1) is 14.9. The van der Waals surface area contributed by atoms with Crippen molar-refractivity contribution < 1.29 is 22.7 Å². The smallest absolute Gasteiger partial charge is 0.306 e. The molecule has 0 amide bonds. The van der Waals surface area contributed by atoms with E-state index >= 15 is 0 Å². The lowest BCUT2D eigenvalue weighted by Crippen LogP contribution is -2.80. The fourth-order valence-corrected chi connectivity index (χ4v) is 5.31. The summed E-state index contributed by atoms with van der Waals surface area (Å²) in [6.45, 7) is 0. The van der Waals surface area contributed by atoms with Crippen molar-refractivity contribution in [1.29, 1.82) is 0 Å². The topological polar surface area (TPSA) is 95.9 Å². The van der Waals surface area contributed by atoms with Crippen LogP contribution in [0.2, 0.25) is 0 Å². The third-order valence-electron chi connectivity index (χ3n) is 4.53. The molecule has 0 unspecified atom stereocenters. The van der Waals surface area contributed by atoms with Gasteiger partial charge in [-0.2, -0.15) is 8.42 Å². The molecule has 2 heterocycles. The summed E-state index contributed by atoms with van der Waals surface area (Å²) < 4.78 is 46.6. The van der Waals surface area contributed by atoms with Crippen LogP contribution in [0.1, 0.15) is 17.3 Å². The molecule has 0 aliphatic heterocycles. The molecule has 0 saturated carbocycles. The highest BCUT2D eigenvalue weighted by molar-refractivity contribution is 7.87. The molecule has 0 radical (unpaired) electrons. The van der Waals surface area contributed by atoms with Crippen LogP contribution in [0, 0.1) is 5.82 Å². The van der Waals surface area contributed by atoms with E-state index in [1.807, 2.05) is 39.0 Å². The van der Waals surface area contributed by atoms with E-state index in [0.29, 0.717) is 6.42 Å². The average Bonchev–Trinajstić information content (AvgIpc) is 3.40. The van der Waals surface area contributed by atoms with Crippen LogP contribution in [0.5, 0.6) is 0 Å². The highest BCUT2D eigenvalue weighted by Crippen LogP contribution is 2.30. The van der Waals surface area contributed by atoms with Gasteiger partial charge >= 0.3 is 10.3 Å². The minimum Gasteiger partial charge on any atom is -0.306 e. The molecule has 160 valence electrons. The molecule has 0 bridgehead atoms. The number of aromatic nitrogens is 1. The summed E-state index contributed by atoms with van der Waals surface area (Å²) in [6, 6.07) is 17.1. The zero-order valence-corrected chi connectivity index (χ0v) is 18.6. The summed E-state index contributed by atoms with van der Waals surface area (Å²) >= 11 is 3.20. The normalized spacial score (nSPS) is 12.6. The first-order valence-electron chi connectivity index (χ1n) is 9.30. The van der Waals surface area contributed by atoms with Crippen LogP contribution in [-0.4, -0.2) is 18.0 Å². The number of nitrogens with zero attached hydrogens (tertiary/aromatic N) is 1. The number of anilines is 1. The van der Waals surface area contributed by atoms with E-state index < -0.39 is 10.3 Å². The summed E-state index contributed by atoms with van der Waals surface area (Å²) in [5, 5.41) is 6.95. The van der Waals surface area contributed by atoms with Gasteiger partial charge in [0.2, 0.25) is 0 Å². The molecule has 0 aliphatic rings. The molecule has 0 fully saturated rings. The zero-order chi connectivity index (χ0) is 21.8. The summed E-state index contributed by atoms with van der Waals surface area (Å²) in [6.07, 6.45) is 0.594. The Labute approximate surface area is 187 Å². The fourth-order valence-electron chi connectivity index (χ4n) is 3.17. The number of nitrogens with one attached hydrogen (secondary N) is 1. The Balaban J connectivity index is 1.59. The monoisotopic (exact) mass is 476 g/mol. The van der Waals surface area contributed by atoms with Crippen LogP contribution in [0.25, 0.3) is 9.88 Å². The van der Waals surface area contributed by atoms with E-state index in [9.17, 15) is 12.8 Å². The third kappa shape index (κ3) is 5.96. The van der Waals surface area contributed by atoms with Gasteiger partial charge in [0.15, 0.2) is 0 Å². The molecule has 4 aromatic rings. The van der Waals surface area contributed by atoms with Crippen LogP contribution in [0.15, 0.2) is 71.4 Å². The maximum atomic E-state index is 13.7. The molecule has 4 N–H and O–H groups in total. The summed E-state index contributed by atoms with van der Waals surface area (Å²) in [4.78, 5) is 5.91. The molecular weight excluding hydrogens is 457 g/mol. The third-order valence-corrected chi connectivity index (χ3v) is 6.93. The van der Waals surface area contributed by atoms with Crippen molar-refractivity contribution in [3.05, 3.63) is 88.5 Å². The van der Waals surface area contributed by atoms with Crippen LogP contribution in [0.4, 0.5) is 15.8 Å². The second-order valence-corrected chi connectivity index (χ2v) is 9.82. The number of thiophene rings is 1. The molecular formula is C21H19FN3O3S3+. The lowest BCUT2D eigenvalue weighted by atomic mass is 10.0. The molecule has 0 aliphatic carbocycles. The summed E-state index contributed by atoms with van der Waals surface area (Å²) in [5.41, 5.74) is 2.87. The van der Waals surface area contributed by atoms with Crippen LogP contribution in [-0.2, 0) is 16.7 Å². The fraction of sp³-hybridized carbons (Fsp3) is 0.0952. The van der Waals surface area contributed by atoms with Crippen molar-refractivity contribution in [3.8, 4) is 9.88 Å². The number of rotatable bonds is 8. The number of quaternary nitrogens is 1. The molecule has 4 rings (SSSR count). The van der Waals surface area contributed by atoms with Crippen LogP contribution >= 0.6 is 22.7 Å². The number of halogens is 1. The van der Waals surface area contributed by atoms with Crippen LogP contribution < -0.4 is 10.0 Å². The first-order valence-corrected chi connectivity index (χ1v) is 12.5. The van der Waals surface area contributed by atoms with Gasteiger partial charge in [0.25, 0.3) is 0 Å². The van der Waals surface area contributed by atoms with Crippen molar-refractivity contribution in [1.82, 2.24) is 4.98 Å². The largest absolute Gasteiger partial charge is 0.357 e. The van der Waals surface area contributed by atoms with E-state index in [1.54, 1.807) is 53.0 Å². The van der Waals surface area contributed by atoms with Gasteiger partial charge in [-0.25, -0.2) is 9.37 Å². The van der Waals surface area contributed by atoms with Gasteiger partial charge in [-0.05, 0) is 41.3 Å². The number of benzene rings is 2.